The maximum atomic E-state index is 12.4. The molecule has 6 heteroatoms. The van der Waals surface area contributed by atoms with Crippen molar-refractivity contribution >= 4 is 29.9 Å². The van der Waals surface area contributed by atoms with E-state index >= 15 is 0 Å². The Balaban J connectivity index is 0.00000161. The molecule has 0 aliphatic carbocycles. The van der Waals surface area contributed by atoms with Gasteiger partial charge in [0, 0.05) is 25.3 Å². The Kier molecular flexibility index (Phi) is 4.85. The third-order valence-electron chi connectivity index (χ3n) is 4.02. The Morgan fingerprint density at radius 1 is 1.29 bits per heavy atom. The van der Waals surface area contributed by atoms with Gasteiger partial charge in [0.1, 0.15) is 6.04 Å². The highest BCUT2D eigenvalue weighted by Crippen LogP contribution is 2.22. The molecular formula is C15H20ClN3O2. The molecule has 2 amide bonds. The summed E-state index contributed by atoms with van der Waals surface area (Å²) in [7, 11) is 0. The van der Waals surface area contributed by atoms with Gasteiger partial charge in [-0.15, -0.1) is 12.4 Å². The van der Waals surface area contributed by atoms with E-state index in [0.717, 1.165) is 5.69 Å². The molecule has 1 aromatic carbocycles. The van der Waals surface area contributed by atoms with Gasteiger partial charge in [-0.1, -0.05) is 17.7 Å². The number of benzene rings is 1. The van der Waals surface area contributed by atoms with Crippen LogP contribution in [0, 0.1) is 12.8 Å². The predicted octanol–water partition coefficient (Wildman–Crippen LogP) is 0.858. The molecule has 0 saturated carbocycles. The van der Waals surface area contributed by atoms with Crippen molar-refractivity contribution in [3.8, 4) is 0 Å². The fourth-order valence-electron chi connectivity index (χ4n) is 2.56. The van der Waals surface area contributed by atoms with Crippen LogP contribution in [0.25, 0.3) is 0 Å². The number of halogens is 1. The zero-order chi connectivity index (χ0) is 14.1. The smallest absolute Gasteiger partial charge is 0.249 e. The molecule has 2 heterocycles. The van der Waals surface area contributed by atoms with Crippen LogP contribution in [0.4, 0.5) is 5.69 Å². The van der Waals surface area contributed by atoms with Crippen molar-refractivity contribution in [2.24, 2.45) is 5.92 Å². The van der Waals surface area contributed by atoms with Crippen LogP contribution < -0.4 is 15.5 Å². The number of hydrogen-bond acceptors (Lipinski definition) is 3. The summed E-state index contributed by atoms with van der Waals surface area (Å²) in [5, 5.41) is 5.93. The third kappa shape index (κ3) is 3.19. The highest BCUT2D eigenvalue weighted by molar-refractivity contribution is 6.01. The maximum absolute atomic E-state index is 12.4. The maximum Gasteiger partial charge on any atom is 0.249 e. The summed E-state index contributed by atoms with van der Waals surface area (Å²) in [5.41, 5.74) is 2.07. The molecule has 5 nitrogen and oxygen atoms in total. The van der Waals surface area contributed by atoms with Crippen molar-refractivity contribution in [3.05, 3.63) is 29.8 Å². The number of hydrogen-bond donors (Lipinski definition) is 2. The second kappa shape index (κ2) is 6.45. The molecule has 0 radical (unpaired) electrons. The molecule has 2 aliphatic rings. The van der Waals surface area contributed by atoms with E-state index < -0.39 is 0 Å². The highest BCUT2D eigenvalue weighted by Gasteiger charge is 2.35. The van der Waals surface area contributed by atoms with Crippen LogP contribution in [-0.4, -0.2) is 37.5 Å². The number of nitrogens with one attached hydrogen (secondary N) is 2. The first kappa shape index (κ1) is 15.8. The predicted molar refractivity (Wildman–Crippen MR) is 83.7 cm³/mol. The van der Waals surface area contributed by atoms with Crippen molar-refractivity contribution in [2.75, 3.05) is 24.5 Å². The van der Waals surface area contributed by atoms with Crippen molar-refractivity contribution in [1.29, 1.82) is 0 Å². The molecule has 2 aliphatic heterocycles. The number of carbonyl (C=O) groups is 2. The number of anilines is 1. The van der Waals surface area contributed by atoms with Gasteiger partial charge < -0.3 is 15.5 Å². The highest BCUT2D eigenvalue weighted by atomic mass is 35.5. The zero-order valence-electron chi connectivity index (χ0n) is 12.0. The van der Waals surface area contributed by atoms with Gasteiger partial charge in [0.2, 0.25) is 11.8 Å². The molecule has 2 N–H and O–H groups in total. The Morgan fingerprint density at radius 3 is 2.52 bits per heavy atom. The van der Waals surface area contributed by atoms with Crippen LogP contribution in [0.15, 0.2) is 24.3 Å². The van der Waals surface area contributed by atoms with E-state index in [2.05, 4.69) is 10.6 Å². The normalized spacial score (nSPS) is 21.7. The van der Waals surface area contributed by atoms with Gasteiger partial charge in [0.15, 0.2) is 0 Å². The van der Waals surface area contributed by atoms with Gasteiger partial charge in [-0.25, -0.2) is 0 Å². The van der Waals surface area contributed by atoms with Gasteiger partial charge in [0.25, 0.3) is 0 Å². The summed E-state index contributed by atoms with van der Waals surface area (Å²) < 4.78 is 0. The fourth-order valence-corrected chi connectivity index (χ4v) is 2.56. The molecule has 0 aromatic heterocycles. The molecule has 0 spiro atoms. The van der Waals surface area contributed by atoms with Crippen molar-refractivity contribution < 1.29 is 9.59 Å². The monoisotopic (exact) mass is 309 g/mol. The molecule has 3 rings (SSSR count). The minimum atomic E-state index is -0.371. The molecule has 114 valence electrons. The largest absolute Gasteiger partial charge is 0.344 e. The summed E-state index contributed by atoms with van der Waals surface area (Å²) in [6.45, 7) is 4.11. The average molecular weight is 310 g/mol. The third-order valence-corrected chi connectivity index (χ3v) is 4.02. The SMILES string of the molecule is Cc1ccc(N2CCC(NC(=O)C3CNC3)C2=O)cc1.Cl. The van der Waals surface area contributed by atoms with Gasteiger partial charge in [-0.2, -0.15) is 0 Å². The van der Waals surface area contributed by atoms with E-state index in [9.17, 15) is 9.59 Å². The second-order valence-corrected chi connectivity index (χ2v) is 5.53. The van der Waals surface area contributed by atoms with Crippen LogP contribution in [0.2, 0.25) is 0 Å². The minimum absolute atomic E-state index is 0. The van der Waals surface area contributed by atoms with E-state index in [1.165, 1.54) is 5.56 Å². The number of aryl methyl sites for hydroxylation is 1. The van der Waals surface area contributed by atoms with Crippen LogP contribution in [-0.2, 0) is 9.59 Å². The summed E-state index contributed by atoms with van der Waals surface area (Å²) >= 11 is 0. The number of nitrogens with zero attached hydrogens (tertiary/aromatic N) is 1. The Bertz CT molecular complexity index is 528. The first-order valence-corrected chi connectivity index (χ1v) is 7.04. The lowest BCUT2D eigenvalue weighted by molar-refractivity contribution is -0.130. The van der Waals surface area contributed by atoms with E-state index in [0.29, 0.717) is 26.1 Å². The van der Waals surface area contributed by atoms with E-state index in [-0.39, 0.29) is 36.2 Å². The van der Waals surface area contributed by atoms with Crippen LogP contribution in [0.5, 0.6) is 0 Å². The van der Waals surface area contributed by atoms with Gasteiger partial charge in [-0.3, -0.25) is 9.59 Å². The first-order valence-electron chi connectivity index (χ1n) is 7.04. The summed E-state index contributed by atoms with van der Waals surface area (Å²) in [5.74, 6) is 0.0126. The zero-order valence-corrected chi connectivity index (χ0v) is 12.8. The van der Waals surface area contributed by atoms with E-state index in [1.807, 2.05) is 31.2 Å². The van der Waals surface area contributed by atoms with Crippen molar-refractivity contribution in [2.45, 2.75) is 19.4 Å². The Hall–Kier alpha value is -1.59. The van der Waals surface area contributed by atoms with E-state index in [1.54, 1.807) is 4.90 Å². The van der Waals surface area contributed by atoms with Crippen molar-refractivity contribution in [3.63, 3.8) is 0 Å². The minimum Gasteiger partial charge on any atom is -0.344 e. The molecule has 21 heavy (non-hydrogen) atoms. The molecule has 2 fully saturated rings. The average Bonchev–Trinajstić information content (AvgIpc) is 2.70. The van der Waals surface area contributed by atoms with Crippen molar-refractivity contribution in [1.82, 2.24) is 10.6 Å². The van der Waals surface area contributed by atoms with Crippen LogP contribution in [0.3, 0.4) is 0 Å². The lowest BCUT2D eigenvalue weighted by atomic mass is 10.0. The fraction of sp³-hybridized carbons (Fsp3) is 0.467. The summed E-state index contributed by atoms with van der Waals surface area (Å²) in [6.07, 6.45) is 0.679. The van der Waals surface area contributed by atoms with Gasteiger partial charge in [-0.05, 0) is 25.5 Å². The molecule has 2 saturated heterocycles. The number of amides is 2. The summed E-state index contributed by atoms with van der Waals surface area (Å²) in [6, 6.07) is 7.52. The van der Waals surface area contributed by atoms with Crippen LogP contribution in [0.1, 0.15) is 12.0 Å². The van der Waals surface area contributed by atoms with E-state index in [4.69, 9.17) is 0 Å². The lowest BCUT2D eigenvalue weighted by Crippen LogP contribution is -2.54. The molecule has 1 atom stereocenters. The lowest BCUT2D eigenvalue weighted by Gasteiger charge is -2.27. The quantitative estimate of drug-likeness (QED) is 0.870. The molecule has 1 aromatic rings. The van der Waals surface area contributed by atoms with Gasteiger partial charge in [0.05, 0.1) is 5.92 Å². The van der Waals surface area contributed by atoms with Crippen LogP contribution >= 0.6 is 12.4 Å². The standard InChI is InChI=1S/C15H19N3O2.ClH/c1-10-2-4-12(5-3-10)18-7-6-13(15(18)20)17-14(19)11-8-16-9-11;/h2-5,11,13,16H,6-9H2,1H3,(H,17,19);1H. The first-order chi connectivity index (χ1) is 9.65. The van der Waals surface area contributed by atoms with Gasteiger partial charge >= 0.3 is 0 Å². The number of carbonyl (C=O) groups excluding carboxylic acids is 2. The molecule has 0 bridgehead atoms. The number of rotatable bonds is 3. The Morgan fingerprint density at radius 2 is 1.95 bits per heavy atom. The summed E-state index contributed by atoms with van der Waals surface area (Å²) in [4.78, 5) is 26.0. The molecular weight excluding hydrogens is 290 g/mol. The second-order valence-electron chi connectivity index (χ2n) is 5.53. The molecule has 1 unspecified atom stereocenters. The Labute approximate surface area is 130 Å². The topological polar surface area (TPSA) is 61.4 Å².